The van der Waals surface area contributed by atoms with E-state index in [1.807, 2.05) is 0 Å². The Hall–Kier alpha value is -4.81. The first-order valence-corrected chi connectivity index (χ1v) is 12.0. The van der Waals surface area contributed by atoms with Crippen LogP contribution in [-0.4, -0.2) is 25.0 Å². The van der Waals surface area contributed by atoms with Crippen LogP contribution >= 0.6 is 0 Å². The van der Waals surface area contributed by atoms with Gasteiger partial charge in [0.05, 0.1) is 17.3 Å². The first kappa shape index (κ1) is 33.7. The standard InChI is InChI=1S/2C11H6F2N.C8H4F3N4.Ir/c2*12-9-3-4-10(11(13)6-9)8-2-1-5-14-7-8;9-8(10,11)7-13-6(14-15-7)5-3-1-2-4-12-5;/h2*1-6H;1-4H;/q3*-1;+3. The molecule has 0 N–H and O–H groups in total. The van der Waals surface area contributed by atoms with Crippen molar-refractivity contribution >= 4 is 0 Å². The molecule has 0 fully saturated rings. The molecule has 0 radical (unpaired) electrons. The predicted molar refractivity (Wildman–Crippen MR) is 140 cm³/mol. The number of alkyl halides is 3. The number of aromatic nitrogens is 6. The normalized spacial score (nSPS) is 10.4. The third-order valence-electron chi connectivity index (χ3n) is 5.26. The van der Waals surface area contributed by atoms with Gasteiger partial charge < -0.3 is 20.1 Å². The maximum atomic E-state index is 13.2. The molecule has 14 heteroatoms. The second kappa shape index (κ2) is 15.6. The Bertz CT molecular complexity index is 1670. The Morgan fingerprint density at radius 3 is 1.57 bits per heavy atom. The third-order valence-corrected chi connectivity index (χ3v) is 5.26. The van der Waals surface area contributed by atoms with Gasteiger partial charge >= 0.3 is 26.3 Å². The van der Waals surface area contributed by atoms with E-state index in [4.69, 9.17) is 0 Å². The van der Waals surface area contributed by atoms with Crippen molar-refractivity contribution in [2.75, 3.05) is 0 Å². The van der Waals surface area contributed by atoms with Crippen LogP contribution in [0.4, 0.5) is 30.7 Å². The molecule has 0 spiro atoms. The van der Waals surface area contributed by atoms with E-state index in [9.17, 15) is 30.7 Å². The summed E-state index contributed by atoms with van der Waals surface area (Å²) in [6, 6.07) is 18.3. The van der Waals surface area contributed by atoms with Crippen molar-refractivity contribution in [1.82, 2.24) is 30.1 Å². The molecule has 0 aliphatic rings. The Labute approximate surface area is 259 Å². The smallest absolute Gasteiger partial charge is 0.413 e. The van der Waals surface area contributed by atoms with Gasteiger partial charge in [-0.3, -0.25) is 10.1 Å². The van der Waals surface area contributed by atoms with E-state index in [0.717, 1.165) is 12.1 Å². The van der Waals surface area contributed by atoms with E-state index in [1.165, 1.54) is 36.5 Å². The second-order valence-corrected chi connectivity index (χ2v) is 8.25. The van der Waals surface area contributed by atoms with Gasteiger partial charge in [0.1, 0.15) is 17.5 Å². The molecule has 6 aromatic rings. The van der Waals surface area contributed by atoms with Crippen molar-refractivity contribution in [2.45, 2.75) is 6.18 Å². The Balaban J connectivity index is 0.000000178. The maximum absolute atomic E-state index is 13.2. The summed E-state index contributed by atoms with van der Waals surface area (Å²) in [7, 11) is 0. The predicted octanol–water partition coefficient (Wildman–Crippen LogP) is 7.17. The van der Waals surface area contributed by atoms with Crippen molar-refractivity contribution in [1.29, 1.82) is 0 Å². The zero-order valence-electron chi connectivity index (χ0n) is 21.9. The average Bonchev–Trinajstić information content (AvgIpc) is 3.51. The van der Waals surface area contributed by atoms with Crippen LogP contribution < -0.4 is 5.10 Å². The molecule has 44 heavy (non-hydrogen) atoms. The van der Waals surface area contributed by atoms with Crippen molar-refractivity contribution in [3.05, 3.63) is 139 Å². The summed E-state index contributed by atoms with van der Waals surface area (Å²) < 4.78 is 88.1. The number of pyridine rings is 3. The molecular weight excluding hydrogens is 770 g/mol. The van der Waals surface area contributed by atoms with E-state index in [2.05, 4.69) is 42.5 Å². The monoisotopic (exact) mass is 786 g/mol. The van der Waals surface area contributed by atoms with Crippen LogP contribution in [0.15, 0.2) is 97.5 Å². The third kappa shape index (κ3) is 9.35. The molecule has 0 aliphatic carbocycles. The number of benzene rings is 2. The second-order valence-electron chi connectivity index (χ2n) is 8.25. The van der Waals surface area contributed by atoms with Crippen molar-refractivity contribution < 1.29 is 50.8 Å². The summed E-state index contributed by atoms with van der Waals surface area (Å²) >= 11 is 0. The molecule has 4 aromatic heterocycles. The van der Waals surface area contributed by atoms with E-state index >= 15 is 0 Å². The minimum absolute atomic E-state index is 0. The van der Waals surface area contributed by atoms with Gasteiger partial charge in [-0.05, 0) is 42.5 Å². The molecule has 0 bridgehead atoms. The number of hydrogen-bond donors (Lipinski definition) is 0. The summed E-state index contributed by atoms with van der Waals surface area (Å²) in [5.74, 6) is -3.75. The van der Waals surface area contributed by atoms with E-state index in [1.54, 1.807) is 48.8 Å². The van der Waals surface area contributed by atoms with Crippen molar-refractivity contribution in [3.8, 4) is 33.8 Å². The minimum atomic E-state index is -4.57. The van der Waals surface area contributed by atoms with Gasteiger partial charge in [-0.25, -0.2) is 17.6 Å². The molecular formula is C30H16F7IrN6. The zero-order valence-corrected chi connectivity index (χ0v) is 24.3. The molecule has 0 saturated carbocycles. The van der Waals surface area contributed by atoms with Crippen LogP contribution in [0.5, 0.6) is 0 Å². The van der Waals surface area contributed by atoms with Crippen LogP contribution in [0.1, 0.15) is 5.82 Å². The van der Waals surface area contributed by atoms with Crippen molar-refractivity contribution in [3.63, 3.8) is 0 Å². The molecule has 2 aromatic carbocycles. The van der Waals surface area contributed by atoms with Gasteiger partial charge in [-0.1, -0.05) is 41.7 Å². The summed E-state index contributed by atoms with van der Waals surface area (Å²) in [4.78, 5) is 14.5. The fraction of sp³-hybridized carbons (Fsp3) is 0.0333. The molecule has 0 saturated heterocycles. The van der Waals surface area contributed by atoms with Crippen LogP contribution in [0, 0.1) is 35.7 Å². The molecule has 0 unspecified atom stereocenters. The van der Waals surface area contributed by atoms with Gasteiger partial charge in [0.15, 0.2) is 0 Å². The molecule has 4 heterocycles. The van der Waals surface area contributed by atoms with E-state index in [0.29, 0.717) is 22.3 Å². The van der Waals surface area contributed by atoms with Gasteiger partial charge in [0, 0.05) is 18.3 Å². The van der Waals surface area contributed by atoms with Gasteiger partial charge in [-0.15, -0.1) is 35.4 Å². The quantitative estimate of drug-likeness (QED) is 0.140. The van der Waals surface area contributed by atoms with Crippen LogP contribution in [0.2, 0.25) is 0 Å². The molecule has 0 amide bonds. The fourth-order valence-electron chi connectivity index (χ4n) is 3.33. The van der Waals surface area contributed by atoms with Crippen LogP contribution in [0.25, 0.3) is 33.8 Å². The molecule has 0 aliphatic heterocycles. The zero-order chi connectivity index (χ0) is 30.8. The van der Waals surface area contributed by atoms with Crippen LogP contribution in [0.3, 0.4) is 0 Å². The van der Waals surface area contributed by atoms with E-state index < -0.39 is 35.3 Å². The Morgan fingerprint density at radius 1 is 0.636 bits per heavy atom. The molecule has 224 valence electrons. The molecule has 6 rings (SSSR count). The summed E-state index contributed by atoms with van der Waals surface area (Å²) in [5.41, 5.74) is 1.91. The number of rotatable bonds is 3. The summed E-state index contributed by atoms with van der Waals surface area (Å²) in [5, 5.41) is 6.25. The maximum Gasteiger partial charge on any atom is 3.00 e. The first-order valence-electron chi connectivity index (χ1n) is 12.0. The first-order chi connectivity index (χ1) is 20.6. The molecule has 0 atom stereocenters. The van der Waals surface area contributed by atoms with Gasteiger partial charge in [0.2, 0.25) is 0 Å². The topological polar surface area (TPSA) is 78.5 Å². The Kier molecular flexibility index (Phi) is 11.9. The summed E-state index contributed by atoms with van der Waals surface area (Å²) in [6.45, 7) is 0. The van der Waals surface area contributed by atoms with E-state index in [-0.39, 0.29) is 31.6 Å². The number of halogens is 7. The van der Waals surface area contributed by atoms with Gasteiger partial charge in [0.25, 0.3) is 0 Å². The average molecular weight is 786 g/mol. The fourth-order valence-corrected chi connectivity index (χ4v) is 3.33. The summed E-state index contributed by atoms with van der Waals surface area (Å²) in [6.07, 6.45) is 5.23. The number of nitrogens with zero attached hydrogens (tertiary/aromatic N) is 6. The van der Waals surface area contributed by atoms with Crippen molar-refractivity contribution in [2.24, 2.45) is 0 Å². The SMILES string of the molecule is FC(F)(F)c1n[n-]c(-c2ccccn2)n1.Fc1ccc(-c2[c-]nccc2)c(F)c1.Fc1ccc(-c2[c-]nccc2)c(F)c1.[Ir+3]. The number of hydrogen-bond acceptors (Lipinski definition) is 5. The van der Waals surface area contributed by atoms with Gasteiger partial charge in [-0.2, -0.15) is 13.2 Å². The molecule has 6 nitrogen and oxygen atoms in total. The Morgan fingerprint density at radius 2 is 1.18 bits per heavy atom. The minimum Gasteiger partial charge on any atom is -0.413 e. The largest absolute Gasteiger partial charge is 3.00 e. The van der Waals surface area contributed by atoms with Crippen LogP contribution in [-0.2, 0) is 26.3 Å².